The van der Waals surface area contributed by atoms with E-state index in [0.717, 1.165) is 4.68 Å². The summed E-state index contributed by atoms with van der Waals surface area (Å²) in [5.41, 5.74) is 0.0140. The van der Waals surface area contributed by atoms with Crippen molar-refractivity contribution in [3.8, 4) is 0 Å². The van der Waals surface area contributed by atoms with Crippen molar-refractivity contribution in [3.63, 3.8) is 0 Å². The fraction of sp³-hybridized carbons (Fsp3) is 0.556. The molecule has 16 heavy (non-hydrogen) atoms. The van der Waals surface area contributed by atoms with Gasteiger partial charge in [0, 0.05) is 28.2 Å². The second kappa shape index (κ2) is 4.01. The molecule has 0 radical (unpaired) electrons. The van der Waals surface area contributed by atoms with Gasteiger partial charge in [0.05, 0.1) is 5.69 Å². The van der Waals surface area contributed by atoms with Gasteiger partial charge < -0.3 is 0 Å². The zero-order chi connectivity index (χ0) is 11.9. The number of alkyl halides is 3. The van der Waals surface area contributed by atoms with Crippen LogP contribution in [0.25, 0.3) is 0 Å². The number of carbonyl (C=O) groups excluding carboxylic acids is 1. The minimum Gasteiger partial charge on any atom is -0.286 e. The van der Waals surface area contributed by atoms with Crippen LogP contribution in [0.2, 0.25) is 0 Å². The Labute approximate surface area is 103 Å². The van der Waals surface area contributed by atoms with E-state index in [4.69, 9.17) is 0 Å². The molecule has 0 unspecified atom stereocenters. The van der Waals surface area contributed by atoms with Crippen molar-refractivity contribution in [2.24, 2.45) is 0 Å². The van der Waals surface area contributed by atoms with Crippen molar-refractivity contribution < 1.29 is 18.0 Å². The van der Waals surface area contributed by atoms with E-state index < -0.39 is 11.9 Å². The molecular weight excluding hydrogens is 336 g/mol. The van der Waals surface area contributed by atoms with Gasteiger partial charge in [0.2, 0.25) is 3.79 Å². The summed E-state index contributed by atoms with van der Waals surface area (Å²) >= 11 is 1.47. The summed E-state index contributed by atoms with van der Waals surface area (Å²) in [6.45, 7) is -0.317. The lowest BCUT2D eigenvalue weighted by molar-refractivity contribution is -0.145. The number of aromatic nitrogens is 2. The fourth-order valence-electron chi connectivity index (χ4n) is 1.99. The van der Waals surface area contributed by atoms with Crippen molar-refractivity contribution in [1.82, 2.24) is 9.78 Å². The molecule has 1 aromatic heterocycles. The predicted octanol–water partition coefficient (Wildman–Crippen LogP) is 2.35. The molecule has 1 heterocycles. The van der Waals surface area contributed by atoms with Gasteiger partial charge in [0.25, 0.3) is 0 Å². The smallest absolute Gasteiger partial charge is 0.286 e. The molecule has 0 saturated heterocycles. The molecule has 2 rings (SSSR count). The number of hydrogen-bond acceptors (Lipinski definition) is 2. The number of nitrogens with zero attached hydrogens (tertiary/aromatic N) is 2. The molecule has 3 nitrogen and oxygen atoms in total. The Hall–Kier alpha value is -0.600. The first-order valence-corrected chi connectivity index (χ1v) is 5.81. The molecule has 0 aromatic carbocycles. The summed E-state index contributed by atoms with van der Waals surface area (Å²) in [7, 11) is 0. The highest BCUT2D eigenvalue weighted by molar-refractivity contribution is 14.1. The maximum absolute atomic E-state index is 12.8. The third-order valence-electron chi connectivity index (χ3n) is 2.52. The first kappa shape index (κ1) is 11.9. The van der Waals surface area contributed by atoms with E-state index in [-0.39, 0.29) is 15.9 Å². The number of halogens is 4. The van der Waals surface area contributed by atoms with Crippen LogP contribution in [0, 0.1) is 0 Å². The molecule has 88 valence electrons. The summed E-state index contributed by atoms with van der Waals surface area (Å²) in [6, 6.07) is 0. The molecule has 1 aliphatic carbocycles. The predicted molar refractivity (Wildman–Crippen MR) is 58.3 cm³/mol. The van der Waals surface area contributed by atoms with Crippen LogP contribution < -0.4 is 0 Å². The fourth-order valence-corrected chi connectivity index (χ4v) is 2.32. The van der Waals surface area contributed by atoms with Crippen LogP contribution in [0.5, 0.6) is 0 Å². The van der Waals surface area contributed by atoms with Crippen LogP contribution in [-0.4, -0.2) is 13.6 Å². The lowest BCUT2D eigenvalue weighted by Gasteiger charge is -2.10. The highest BCUT2D eigenvalue weighted by Gasteiger charge is 2.40. The van der Waals surface area contributed by atoms with Gasteiger partial charge in [-0.2, -0.15) is 18.3 Å². The molecule has 1 aromatic rings. The number of carbonyl (C=O) groups is 1. The average Bonchev–Trinajstić information content (AvgIpc) is 2.58. The molecule has 0 spiro atoms. The Balaban J connectivity index is 2.49. The Morgan fingerprint density at radius 3 is 2.69 bits per heavy atom. The van der Waals surface area contributed by atoms with Crippen molar-refractivity contribution in [2.45, 2.75) is 32.0 Å². The van der Waals surface area contributed by atoms with E-state index in [1.54, 1.807) is 0 Å². The van der Waals surface area contributed by atoms with Crippen LogP contribution in [0.1, 0.15) is 23.4 Å². The van der Waals surface area contributed by atoms with Crippen LogP contribution >= 0.6 is 22.6 Å². The van der Waals surface area contributed by atoms with E-state index in [0.29, 0.717) is 25.0 Å². The van der Waals surface area contributed by atoms with E-state index in [1.165, 1.54) is 22.6 Å². The average molecular weight is 344 g/mol. The number of fused-ring (bicyclic) bond motifs is 1. The van der Waals surface area contributed by atoms with Gasteiger partial charge in [-0.05, 0) is 19.3 Å². The van der Waals surface area contributed by atoms with E-state index in [1.807, 2.05) is 0 Å². The van der Waals surface area contributed by atoms with E-state index in [2.05, 4.69) is 5.10 Å². The quantitative estimate of drug-likeness (QED) is 0.610. The van der Waals surface area contributed by atoms with Crippen LogP contribution in [-0.2, 0) is 30.4 Å². The largest absolute Gasteiger partial charge is 0.433 e. The zero-order valence-electron chi connectivity index (χ0n) is 8.14. The number of rotatable bonds is 2. The zero-order valence-corrected chi connectivity index (χ0v) is 10.3. The minimum absolute atomic E-state index is 0.269. The number of hydrogen-bond donors (Lipinski definition) is 0. The number of aryl methyl sites for hydroxylation is 1. The Bertz CT molecular complexity index is 439. The van der Waals surface area contributed by atoms with Crippen molar-refractivity contribution in [3.05, 3.63) is 17.0 Å². The monoisotopic (exact) mass is 344 g/mol. The summed E-state index contributed by atoms with van der Waals surface area (Å²) in [5.74, 6) is 0. The molecule has 0 fully saturated rings. The standard InChI is InChI=1S/C9H8F3IN2O/c10-9(11,12)8-5-2-1-3-6(5)14-15(8)4-7(13)16/h1-4H2. The highest BCUT2D eigenvalue weighted by Crippen LogP contribution is 2.37. The van der Waals surface area contributed by atoms with E-state index >= 15 is 0 Å². The topological polar surface area (TPSA) is 34.9 Å². The molecule has 0 atom stereocenters. The first-order chi connectivity index (χ1) is 7.39. The van der Waals surface area contributed by atoms with Crippen molar-refractivity contribution in [2.75, 3.05) is 0 Å². The van der Waals surface area contributed by atoms with Crippen LogP contribution in [0.15, 0.2) is 0 Å². The third kappa shape index (κ3) is 2.09. The molecule has 7 heteroatoms. The lowest BCUT2D eigenvalue weighted by Crippen LogP contribution is -2.18. The molecule has 0 N–H and O–H groups in total. The maximum Gasteiger partial charge on any atom is 0.433 e. The Kier molecular flexibility index (Phi) is 2.97. The second-order valence-electron chi connectivity index (χ2n) is 3.64. The molecular formula is C9H8F3IN2O. The normalized spacial score (nSPS) is 15.2. The van der Waals surface area contributed by atoms with Gasteiger partial charge in [-0.3, -0.25) is 9.48 Å². The SMILES string of the molecule is O=C(I)Cn1nc2c(c1C(F)(F)F)CCC2. The molecule has 0 aliphatic heterocycles. The summed E-state index contributed by atoms with van der Waals surface area (Å²) in [4.78, 5) is 10.9. The summed E-state index contributed by atoms with van der Waals surface area (Å²) < 4.78 is 38.9. The molecule has 0 bridgehead atoms. The second-order valence-corrected chi connectivity index (χ2v) is 4.84. The van der Waals surface area contributed by atoms with Gasteiger partial charge >= 0.3 is 6.18 Å². The van der Waals surface area contributed by atoms with Crippen molar-refractivity contribution >= 4 is 26.4 Å². The van der Waals surface area contributed by atoms with Crippen LogP contribution in [0.3, 0.4) is 0 Å². The van der Waals surface area contributed by atoms with Gasteiger partial charge in [-0.1, -0.05) is 0 Å². The molecule has 1 aliphatic rings. The Morgan fingerprint density at radius 2 is 2.12 bits per heavy atom. The lowest BCUT2D eigenvalue weighted by atomic mass is 10.2. The molecule has 0 amide bonds. The third-order valence-corrected chi connectivity index (χ3v) is 2.86. The van der Waals surface area contributed by atoms with Gasteiger partial charge in [-0.25, -0.2) is 0 Å². The first-order valence-electron chi connectivity index (χ1n) is 4.73. The van der Waals surface area contributed by atoms with Crippen LogP contribution in [0.4, 0.5) is 13.2 Å². The van der Waals surface area contributed by atoms with Gasteiger partial charge in [0.15, 0.2) is 0 Å². The van der Waals surface area contributed by atoms with Crippen molar-refractivity contribution in [1.29, 1.82) is 0 Å². The van der Waals surface area contributed by atoms with Gasteiger partial charge in [-0.15, -0.1) is 0 Å². The highest BCUT2D eigenvalue weighted by atomic mass is 127. The van der Waals surface area contributed by atoms with Gasteiger partial charge in [0.1, 0.15) is 12.2 Å². The summed E-state index contributed by atoms with van der Waals surface area (Å²) in [6.07, 6.45) is -2.75. The molecule has 0 saturated carbocycles. The summed E-state index contributed by atoms with van der Waals surface area (Å²) in [5, 5.41) is 3.87. The Morgan fingerprint density at radius 1 is 1.44 bits per heavy atom. The minimum atomic E-state index is -4.43. The maximum atomic E-state index is 12.8. The van der Waals surface area contributed by atoms with E-state index in [9.17, 15) is 18.0 Å².